The molecule has 0 bridgehead atoms. The third-order valence-electron chi connectivity index (χ3n) is 1.40. The van der Waals surface area contributed by atoms with E-state index in [1.807, 2.05) is 0 Å². The van der Waals surface area contributed by atoms with E-state index in [2.05, 4.69) is 15.3 Å². The van der Waals surface area contributed by atoms with Gasteiger partial charge in [0.15, 0.2) is 0 Å². The summed E-state index contributed by atoms with van der Waals surface area (Å²) in [7, 11) is 0. The second kappa shape index (κ2) is 4.46. The van der Waals surface area contributed by atoms with E-state index in [0.717, 1.165) is 0 Å². The summed E-state index contributed by atoms with van der Waals surface area (Å²) in [6.45, 7) is 0.665. The second-order valence-electron chi connectivity index (χ2n) is 2.52. The van der Waals surface area contributed by atoms with Gasteiger partial charge in [-0.2, -0.15) is 4.98 Å². The van der Waals surface area contributed by atoms with Crippen LogP contribution in [-0.2, 0) is 0 Å². The first-order chi connectivity index (χ1) is 6.22. The van der Waals surface area contributed by atoms with Crippen LogP contribution in [0.3, 0.4) is 0 Å². The number of hydrogen-bond donors (Lipinski definition) is 4. The molecule has 1 rings (SSSR count). The number of aliphatic hydroxyl groups excluding tert-OH is 1. The molecule has 0 aromatic carbocycles. The van der Waals surface area contributed by atoms with Crippen molar-refractivity contribution in [3.8, 4) is 0 Å². The van der Waals surface area contributed by atoms with Gasteiger partial charge in [-0.1, -0.05) is 0 Å². The summed E-state index contributed by atoms with van der Waals surface area (Å²) >= 11 is 0. The maximum atomic E-state index is 10.9. The van der Waals surface area contributed by atoms with Crippen molar-refractivity contribution < 1.29 is 5.11 Å². The molecular weight excluding hydrogens is 172 g/mol. The van der Waals surface area contributed by atoms with E-state index in [4.69, 9.17) is 10.8 Å². The van der Waals surface area contributed by atoms with Gasteiger partial charge in [0.05, 0.1) is 0 Å². The number of hydrogen-bond acceptors (Lipinski definition) is 5. The molecule has 0 unspecified atom stereocenters. The van der Waals surface area contributed by atoms with Crippen molar-refractivity contribution in [1.82, 2.24) is 9.97 Å². The second-order valence-corrected chi connectivity index (χ2v) is 2.52. The number of rotatable bonds is 4. The number of anilines is 2. The molecule has 6 heteroatoms. The van der Waals surface area contributed by atoms with Crippen molar-refractivity contribution in [3.63, 3.8) is 0 Å². The topological polar surface area (TPSA) is 104 Å². The highest BCUT2D eigenvalue weighted by atomic mass is 16.3. The summed E-state index contributed by atoms with van der Waals surface area (Å²) < 4.78 is 0. The van der Waals surface area contributed by atoms with Gasteiger partial charge < -0.3 is 16.2 Å². The highest BCUT2D eigenvalue weighted by molar-refractivity contribution is 5.37. The molecule has 0 spiro atoms. The van der Waals surface area contributed by atoms with Gasteiger partial charge in [-0.15, -0.1) is 0 Å². The first-order valence-electron chi connectivity index (χ1n) is 3.94. The molecule has 13 heavy (non-hydrogen) atoms. The summed E-state index contributed by atoms with van der Waals surface area (Å²) in [4.78, 5) is 17.0. The lowest BCUT2D eigenvalue weighted by Gasteiger charge is -2.03. The minimum Gasteiger partial charge on any atom is -0.396 e. The van der Waals surface area contributed by atoms with Crippen LogP contribution in [0.4, 0.5) is 11.8 Å². The van der Waals surface area contributed by atoms with Crippen LogP contribution >= 0.6 is 0 Å². The van der Waals surface area contributed by atoms with Crippen LogP contribution in [0.25, 0.3) is 0 Å². The summed E-state index contributed by atoms with van der Waals surface area (Å²) in [5, 5.41) is 11.4. The van der Waals surface area contributed by atoms with Crippen LogP contribution in [0.15, 0.2) is 10.9 Å². The maximum Gasteiger partial charge on any atom is 0.254 e. The van der Waals surface area contributed by atoms with Crippen molar-refractivity contribution in [1.29, 1.82) is 0 Å². The molecule has 0 saturated heterocycles. The molecule has 6 nitrogen and oxygen atoms in total. The number of nitrogen functional groups attached to an aromatic ring is 1. The van der Waals surface area contributed by atoms with Gasteiger partial charge >= 0.3 is 0 Å². The molecule has 72 valence electrons. The average molecular weight is 184 g/mol. The predicted molar refractivity (Wildman–Crippen MR) is 49.5 cm³/mol. The number of nitrogens with zero attached hydrogens (tertiary/aromatic N) is 1. The van der Waals surface area contributed by atoms with Gasteiger partial charge in [-0.25, -0.2) is 0 Å². The lowest BCUT2D eigenvalue weighted by Crippen LogP contribution is -2.14. The summed E-state index contributed by atoms with van der Waals surface area (Å²) in [6.07, 6.45) is 0.606. The Morgan fingerprint density at radius 1 is 1.69 bits per heavy atom. The highest BCUT2D eigenvalue weighted by Gasteiger charge is 1.96. The zero-order valence-electron chi connectivity index (χ0n) is 7.08. The van der Waals surface area contributed by atoms with Crippen LogP contribution in [0, 0.1) is 0 Å². The van der Waals surface area contributed by atoms with Crippen LogP contribution in [-0.4, -0.2) is 28.2 Å². The Morgan fingerprint density at radius 3 is 3.08 bits per heavy atom. The van der Waals surface area contributed by atoms with Crippen LogP contribution < -0.4 is 16.6 Å². The lowest BCUT2D eigenvalue weighted by atomic mass is 10.4. The number of nitrogens with one attached hydrogen (secondary N) is 2. The number of H-pyrrole nitrogens is 1. The van der Waals surface area contributed by atoms with E-state index in [-0.39, 0.29) is 18.1 Å². The Balaban J connectivity index is 2.61. The largest absolute Gasteiger partial charge is 0.396 e. The molecule has 1 aromatic heterocycles. The Bertz CT molecular complexity index is 323. The quantitative estimate of drug-likeness (QED) is 0.456. The van der Waals surface area contributed by atoms with E-state index < -0.39 is 0 Å². The zero-order chi connectivity index (χ0) is 9.68. The van der Waals surface area contributed by atoms with E-state index in [1.165, 1.54) is 6.07 Å². The molecule has 1 heterocycles. The highest BCUT2D eigenvalue weighted by Crippen LogP contribution is 1.98. The molecule has 1 aromatic rings. The monoisotopic (exact) mass is 184 g/mol. The average Bonchev–Trinajstić information content (AvgIpc) is 2.03. The summed E-state index contributed by atoms with van der Waals surface area (Å²) in [5.74, 6) is 0.508. The smallest absolute Gasteiger partial charge is 0.254 e. The van der Waals surface area contributed by atoms with Crippen molar-refractivity contribution in [2.75, 3.05) is 24.2 Å². The van der Waals surface area contributed by atoms with E-state index in [9.17, 15) is 4.79 Å². The van der Waals surface area contributed by atoms with Crippen molar-refractivity contribution in [3.05, 3.63) is 16.4 Å². The lowest BCUT2D eigenvalue weighted by molar-refractivity contribution is 0.292. The zero-order valence-corrected chi connectivity index (χ0v) is 7.08. The molecule has 0 aliphatic heterocycles. The van der Waals surface area contributed by atoms with Gasteiger partial charge in [-0.05, 0) is 6.42 Å². The first-order valence-corrected chi connectivity index (χ1v) is 3.94. The molecule has 5 N–H and O–H groups in total. The van der Waals surface area contributed by atoms with E-state index in [0.29, 0.717) is 18.8 Å². The SMILES string of the molecule is Nc1nc(NCCCO)cc(=O)[nH]1. The third kappa shape index (κ3) is 3.12. The predicted octanol–water partition coefficient (Wildman–Crippen LogP) is -0.854. The number of aromatic nitrogens is 2. The number of aliphatic hydroxyl groups is 1. The fourth-order valence-corrected chi connectivity index (χ4v) is 0.863. The van der Waals surface area contributed by atoms with E-state index >= 15 is 0 Å². The van der Waals surface area contributed by atoms with Crippen molar-refractivity contribution in [2.24, 2.45) is 0 Å². The molecule has 0 radical (unpaired) electrons. The summed E-state index contributed by atoms with van der Waals surface area (Å²) in [5.41, 5.74) is 5.02. The first kappa shape index (κ1) is 9.53. The third-order valence-corrected chi connectivity index (χ3v) is 1.40. The van der Waals surface area contributed by atoms with Gasteiger partial charge in [0, 0.05) is 19.2 Å². The molecule has 0 fully saturated rings. The maximum absolute atomic E-state index is 10.9. The normalized spacial score (nSPS) is 9.92. The number of aromatic amines is 1. The Kier molecular flexibility index (Phi) is 3.27. The molecular formula is C7H12N4O2. The van der Waals surface area contributed by atoms with Gasteiger partial charge in [0.25, 0.3) is 5.56 Å². The molecule has 0 atom stereocenters. The van der Waals surface area contributed by atoms with Crippen molar-refractivity contribution >= 4 is 11.8 Å². The minimum atomic E-state index is -0.293. The molecule has 0 saturated carbocycles. The Morgan fingerprint density at radius 2 is 2.46 bits per heavy atom. The van der Waals surface area contributed by atoms with Crippen molar-refractivity contribution in [2.45, 2.75) is 6.42 Å². The molecule has 0 amide bonds. The van der Waals surface area contributed by atoms with Crippen LogP contribution in [0.2, 0.25) is 0 Å². The fourth-order valence-electron chi connectivity index (χ4n) is 0.863. The van der Waals surface area contributed by atoms with Gasteiger partial charge in [0.2, 0.25) is 5.95 Å². The van der Waals surface area contributed by atoms with Crippen LogP contribution in [0.1, 0.15) is 6.42 Å². The Labute approximate surface area is 74.8 Å². The van der Waals surface area contributed by atoms with Gasteiger partial charge in [0.1, 0.15) is 5.82 Å². The minimum absolute atomic E-state index is 0.0824. The van der Waals surface area contributed by atoms with E-state index in [1.54, 1.807) is 0 Å². The Hall–Kier alpha value is -1.56. The molecule has 0 aliphatic carbocycles. The standard InChI is InChI=1S/C7H12N4O2/c8-7-10-5(4-6(13)11-7)9-2-1-3-12/h4,12H,1-3H2,(H4,8,9,10,11,13). The van der Waals surface area contributed by atoms with Crippen LogP contribution in [0.5, 0.6) is 0 Å². The fraction of sp³-hybridized carbons (Fsp3) is 0.429. The van der Waals surface area contributed by atoms with Gasteiger partial charge in [-0.3, -0.25) is 9.78 Å². The number of nitrogens with two attached hydrogens (primary N) is 1. The molecule has 0 aliphatic rings. The summed E-state index contributed by atoms with van der Waals surface area (Å²) in [6, 6.07) is 1.31.